The number of ether oxygens (including phenoxy) is 2. The second kappa shape index (κ2) is 8.09. The van der Waals surface area contributed by atoms with Crippen molar-refractivity contribution in [1.82, 2.24) is 14.9 Å². The SMILES string of the molecule is CC(c1nc2c(cc1F)OCCO2)N1CCI(Oc2ccc(C(F)(F)F)nc2)C1. The Hall–Kier alpha value is -1.89. The van der Waals surface area contributed by atoms with E-state index in [9.17, 15) is 17.6 Å². The van der Waals surface area contributed by atoms with E-state index in [-0.39, 0.29) is 11.7 Å². The molecule has 4 rings (SSSR count). The van der Waals surface area contributed by atoms with E-state index >= 15 is 0 Å². The molecule has 1 unspecified atom stereocenters. The van der Waals surface area contributed by atoms with Crippen LogP contribution in [0.15, 0.2) is 24.4 Å². The molecule has 0 aromatic carbocycles. The molecule has 0 spiro atoms. The van der Waals surface area contributed by atoms with Crippen molar-refractivity contribution in [2.75, 3.05) is 28.7 Å². The van der Waals surface area contributed by atoms with Gasteiger partial charge in [0.25, 0.3) is 0 Å². The molecule has 0 aliphatic carbocycles. The quantitative estimate of drug-likeness (QED) is 0.257. The average Bonchev–Trinajstić information content (AvgIpc) is 3.15. The summed E-state index contributed by atoms with van der Waals surface area (Å²) in [5.74, 6) is 0.474. The second-order valence-electron chi connectivity index (χ2n) is 6.51. The van der Waals surface area contributed by atoms with Crippen LogP contribution in [0.2, 0.25) is 0 Å². The van der Waals surface area contributed by atoms with Crippen LogP contribution in [0.5, 0.6) is 17.4 Å². The molecule has 2 aliphatic heterocycles. The number of nitrogens with zero attached hydrogens (tertiary/aromatic N) is 3. The zero-order valence-electron chi connectivity index (χ0n) is 15.4. The Bertz CT molecular complexity index is 882. The summed E-state index contributed by atoms with van der Waals surface area (Å²) in [6.45, 7) is 3.30. The number of alkyl halides is 5. The van der Waals surface area contributed by atoms with Crippen LogP contribution < -0.4 is 12.5 Å². The molecular weight excluding hydrogens is 509 g/mol. The van der Waals surface area contributed by atoms with Gasteiger partial charge in [-0.2, -0.15) is 0 Å². The molecule has 2 aromatic heterocycles. The number of hydrogen-bond donors (Lipinski definition) is 0. The molecule has 29 heavy (non-hydrogen) atoms. The number of halogens is 5. The van der Waals surface area contributed by atoms with Crippen LogP contribution in [0.4, 0.5) is 17.6 Å². The van der Waals surface area contributed by atoms with Gasteiger partial charge in [-0.05, 0) is 0 Å². The molecule has 6 nitrogen and oxygen atoms in total. The topological polar surface area (TPSA) is 56.7 Å². The fourth-order valence-corrected chi connectivity index (χ4v) is 7.75. The van der Waals surface area contributed by atoms with Gasteiger partial charge in [-0.1, -0.05) is 0 Å². The summed E-state index contributed by atoms with van der Waals surface area (Å²) >= 11 is -1.94. The Morgan fingerprint density at radius 3 is 2.76 bits per heavy atom. The van der Waals surface area contributed by atoms with Crippen molar-refractivity contribution in [2.24, 2.45) is 0 Å². The summed E-state index contributed by atoms with van der Waals surface area (Å²) in [4.78, 5) is 9.79. The number of rotatable bonds is 4. The third kappa shape index (κ3) is 4.49. The number of fused-ring (bicyclic) bond motifs is 1. The maximum atomic E-state index is 14.5. The van der Waals surface area contributed by atoms with Gasteiger partial charge in [0.1, 0.15) is 0 Å². The normalized spacial score (nSPS) is 19.3. The van der Waals surface area contributed by atoms with E-state index in [1.165, 1.54) is 12.1 Å². The molecule has 0 amide bonds. The Labute approximate surface area is 172 Å². The first-order valence-electron chi connectivity index (χ1n) is 8.85. The molecular formula is C18H18F4IN3O3. The number of pyridine rings is 2. The molecule has 1 fully saturated rings. The Morgan fingerprint density at radius 2 is 2.03 bits per heavy atom. The predicted octanol–water partition coefficient (Wildman–Crippen LogP) is 4.24. The van der Waals surface area contributed by atoms with Crippen molar-refractivity contribution in [3.63, 3.8) is 0 Å². The minimum atomic E-state index is -4.47. The average molecular weight is 527 g/mol. The van der Waals surface area contributed by atoms with Crippen LogP contribution in [-0.2, 0) is 6.18 Å². The van der Waals surface area contributed by atoms with Crippen LogP contribution in [0.25, 0.3) is 0 Å². The van der Waals surface area contributed by atoms with Gasteiger partial charge in [0.2, 0.25) is 0 Å². The van der Waals surface area contributed by atoms with Gasteiger partial charge >= 0.3 is 172 Å². The molecule has 0 N–H and O–H groups in total. The third-order valence-electron chi connectivity index (χ3n) is 4.55. The van der Waals surface area contributed by atoms with E-state index < -0.39 is 37.9 Å². The van der Waals surface area contributed by atoms with Crippen molar-refractivity contribution >= 4 is 20.2 Å². The van der Waals surface area contributed by atoms with Crippen LogP contribution in [-0.4, -0.2) is 43.6 Å². The molecule has 0 saturated carbocycles. The fourth-order valence-electron chi connectivity index (χ4n) is 3.00. The number of hydrogen-bond acceptors (Lipinski definition) is 6. The van der Waals surface area contributed by atoms with E-state index in [2.05, 4.69) is 14.9 Å². The van der Waals surface area contributed by atoms with E-state index in [4.69, 9.17) is 12.5 Å². The van der Waals surface area contributed by atoms with Gasteiger partial charge in [-0.15, -0.1) is 0 Å². The second-order valence-corrected chi connectivity index (χ2v) is 11.0. The molecule has 2 aromatic rings. The Kier molecular flexibility index (Phi) is 5.69. The third-order valence-corrected chi connectivity index (χ3v) is 9.01. The van der Waals surface area contributed by atoms with Crippen molar-refractivity contribution in [3.05, 3.63) is 41.6 Å². The zero-order valence-corrected chi connectivity index (χ0v) is 17.5. The molecule has 0 radical (unpaired) electrons. The minimum absolute atomic E-state index is 0.281. The van der Waals surface area contributed by atoms with Crippen molar-refractivity contribution in [3.8, 4) is 17.4 Å². The zero-order chi connectivity index (χ0) is 20.6. The summed E-state index contributed by atoms with van der Waals surface area (Å²) in [5, 5.41) is 0. The van der Waals surface area contributed by atoms with Crippen LogP contribution in [0.3, 0.4) is 0 Å². The first-order valence-corrected chi connectivity index (χ1v) is 12.8. The van der Waals surface area contributed by atoms with Gasteiger partial charge in [0.15, 0.2) is 0 Å². The Morgan fingerprint density at radius 1 is 1.24 bits per heavy atom. The molecule has 2 aliphatic rings. The van der Waals surface area contributed by atoms with E-state index in [0.29, 0.717) is 41.7 Å². The molecule has 11 heteroatoms. The molecule has 4 heterocycles. The Balaban J connectivity index is 1.41. The summed E-state index contributed by atoms with van der Waals surface area (Å²) < 4.78 is 70.5. The predicted molar refractivity (Wildman–Crippen MR) is 104 cm³/mol. The van der Waals surface area contributed by atoms with Gasteiger partial charge in [0.05, 0.1) is 0 Å². The maximum absolute atomic E-state index is 14.5. The van der Waals surface area contributed by atoms with E-state index in [0.717, 1.165) is 16.7 Å². The number of aromatic nitrogens is 2. The fraction of sp³-hybridized carbons (Fsp3) is 0.444. The summed E-state index contributed by atoms with van der Waals surface area (Å²) in [6.07, 6.45) is -3.37. The van der Waals surface area contributed by atoms with Gasteiger partial charge in [0, 0.05) is 0 Å². The first kappa shape index (κ1) is 20.4. The molecule has 1 saturated heterocycles. The molecule has 1 atom stereocenters. The van der Waals surface area contributed by atoms with E-state index in [1.807, 2.05) is 6.92 Å². The van der Waals surface area contributed by atoms with Crippen LogP contribution in [0, 0.1) is 5.82 Å². The summed E-state index contributed by atoms with van der Waals surface area (Å²) in [7, 11) is 0. The van der Waals surface area contributed by atoms with Gasteiger partial charge in [-0.25, -0.2) is 0 Å². The van der Waals surface area contributed by atoms with Gasteiger partial charge in [-0.3, -0.25) is 0 Å². The summed E-state index contributed by atoms with van der Waals surface area (Å²) in [5.41, 5.74) is -0.668. The van der Waals surface area contributed by atoms with Crippen molar-refractivity contribution < 1.29 is 30.1 Å². The standard InChI is InChI=1S/C18H18F4IN3O3/c1-11(16-13(19)8-14-17(25-16)28-7-6-27-14)26-5-4-23(10-26)29-12-2-3-15(24-9-12)18(20,21)22/h2-3,8-9,11H,4-7,10H2,1H3. The van der Waals surface area contributed by atoms with Gasteiger partial charge < -0.3 is 0 Å². The summed E-state index contributed by atoms with van der Waals surface area (Å²) in [6, 6.07) is 3.21. The molecule has 0 bridgehead atoms. The van der Waals surface area contributed by atoms with Crippen molar-refractivity contribution in [2.45, 2.75) is 19.1 Å². The monoisotopic (exact) mass is 527 g/mol. The van der Waals surface area contributed by atoms with E-state index in [1.54, 1.807) is 0 Å². The first-order chi connectivity index (χ1) is 13.8. The van der Waals surface area contributed by atoms with Crippen molar-refractivity contribution in [1.29, 1.82) is 0 Å². The molecule has 158 valence electrons. The van der Waals surface area contributed by atoms with Crippen LogP contribution >= 0.6 is 20.2 Å². The van der Waals surface area contributed by atoms with Crippen LogP contribution in [0.1, 0.15) is 24.4 Å².